The highest BCUT2D eigenvalue weighted by Gasteiger charge is 2.16. The van der Waals surface area contributed by atoms with Crippen LogP contribution >= 0.6 is 0 Å². The third kappa shape index (κ3) is 6.14. The van der Waals surface area contributed by atoms with Crippen LogP contribution in [0.25, 0.3) is 0 Å². The number of hydrogen-bond acceptors (Lipinski definition) is 3. The van der Waals surface area contributed by atoms with Crippen LogP contribution in [0.2, 0.25) is 0 Å². The maximum atomic E-state index is 12.5. The number of ether oxygens (including phenoxy) is 2. The number of methoxy groups -OCH3 is 1. The van der Waals surface area contributed by atoms with Crippen LogP contribution in [0, 0.1) is 0 Å². The Morgan fingerprint density at radius 2 is 1.64 bits per heavy atom. The molecule has 0 unspecified atom stereocenters. The monoisotopic (exact) mass is 341 g/mol. The molecule has 4 heteroatoms. The molecular weight excluding hydrogens is 314 g/mol. The Morgan fingerprint density at radius 1 is 1.00 bits per heavy atom. The molecule has 0 saturated heterocycles. The lowest BCUT2D eigenvalue weighted by Gasteiger charge is -2.27. The highest BCUT2D eigenvalue weighted by atomic mass is 16.5. The molecule has 25 heavy (non-hydrogen) atoms. The van der Waals surface area contributed by atoms with E-state index in [2.05, 4.69) is 26.0 Å². The van der Waals surface area contributed by atoms with Gasteiger partial charge in [0.05, 0.1) is 13.7 Å². The maximum Gasteiger partial charge on any atom is 0.223 e. The summed E-state index contributed by atoms with van der Waals surface area (Å²) in [6.07, 6.45) is 1.18. The fraction of sp³-hybridized carbons (Fsp3) is 0.381. The third-order valence-corrected chi connectivity index (χ3v) is 4.00. The molecule has 4 nitrogen and oxygen atoms in total. The van der Waals surface area contributed by atoms with Gasteiger partial charge in [-0.1, -0.05) is 30.3 Å². The number of nitrogens with zero attached hydrogens (tertiary/aromatic N) is 1. The molecule has 0 bridgehead atoms. The molecule has 1 amide bonds. The Morgan fingerprint density at radius 3 is 2.24 bits per heavy atom. The number of hydrogen-bond donors (Lipinski definition) is 0. The number of rotatable bonds is 9. The summed E-state index contributed by atoms with van der Waals surface area (Å²) in [7, 11) is 1.64. The molecule has 0 aliphatic carbocycles. The van der Waals surface area contributed by atoms with Gasteiger partial charge in [-0.2, -0.15) is 0 Å². The van der Waals surface area contributed by atoms with E-state index in [0.29, 0.717) is 26.0 Å². The summed E-state index contributed by atoms with van der Waals surface area (Å²) in [6.45, 7) is 5.27. The first kappa shape index (κ1) is 18.8. The minimum absolute atomic E-state index is 0.164. The van der Waals surface area contributed by atoms with Crippen LogP contribution in [0.4, 0.5) is 0 Å². The van der Waals surface area contributed by atoms with Crippen molar-refractivity contribution in [1.29, 1.82) is 0 Å². The lowest BCUT2D eigenvalue weighted by atomic mass is 10.1. The van der Waals surface area contributed by atoms with Crippen molar-refractivity contribution >= 4 is 5.91 Å². The largest absolute Gasteiger partial charge is 0.497 e. The van der Waals surface area contributed by atoms with Crippen molar-refractivity contribution < 1.29 is 14.3 Å². The van der Waals surface area contributed by atoms with Gasteiger partial charge in [-0.3, -0.25) is 4.79 Å². The Balaban J connectivity index is 1.78. The molecule has 0 spiro atoms. The van der Waals surface area contributed by atoms with Crippen LogP contribution in [-0.4, -0.2) is 30.6 Å². The van der Waals surface area contributed by atoms with Crippen molar-refractivity contribution in [1.82, 2.24) is 4.90 Å². The molecule has 0 heterocycles. The van der Waals surface area contributed by atoms with Crippen molar-refractivity contribution in [3.63, 3.8) is 0 Å². The quantitative estimate of drug-likeness (QED) is 0.639. The molecule has 0 atom stereocenters. The summed E-state index contributed by atoms with van der Waals surface area (Å²) in [5, 5.41) is 0. The number of amides is 1. The molecule has 134 valence electrons. The van der Waals surface area contributed by atoms with Gasteiger partial charge in [0.25, 0.3) is 0 Å². The van der Waals surface area contributed by atoms with Crippen LogP contribution in [0.1, 0.15) is 32.3 Å². The number of benzene rings is 2. The van der Waals surface area contributed by atoms with Gasteiger partial charge in [0.15, 0.2) is 0 Å². The van der Waals surface area contributed by atoms with E-state index < -0.39 is 0 Å². The van der Waals surface area contributed by atoms with Crippen molar-refractivity contribution in [2.45, 2.75) is 39.3 Å². The van der Waals surface area contributed by atoms with Crippen molar-refractivity contribution in [3.05, 3.63) is 60.2 Å². The van der Waals surface area contributed by atoms with Crippen LogP contribution in [0.15, 0.2) is 54.6 Å². The summed E-state index contributed by atoms with van der Waals surface area (Å²) in [4.78, 5) is 14.5. The lowest BCUT2D eigenvalue weighted by Crippen LogP contribution is -2.36. The van der Waals surface area contributed by atoms with Crippen LogP contribution in [0.5, 0.6) is 11.5 Å². The average molecular weight is 341 g/mol. The minimum Gasteiger partial charge on any atom is -0.497 e. The molecule has 2 aromatic carbocycles. The zero-order chi connectivity index (χ0) is 18.1. The summed E-state index contributed by atoms with van der Waals surface area (Å²) in [5.41, 5.74) is 1.15. The third-order valence-electron chi connectivity index (χ3n) is 4.00. The summed E-state index contributed by atoms with van der Waals surface area (Å²) >= 11 is 0. The van der Waals surface area contributed by atoms with Crippen molar-refractivity contribution in [2.75, 3.05) is 13.7 Å². The van der Waals surface area contributed by atoms with E-state index in [4.69, 9.17) is 9.47 Å². The first-order valence-electron chi connectivity index (χ1n) is 8.70. The van der Waals surface area contributed by atoms with Gasteiger partial charge in [0.1, 0.15) is 11.5 Å². The molecule has 0 aromatic heterocycles. The summed E-state index contributed by atoms with van der Waals surface area (Å²) < 4.78 is 10.8. The van der Waals surface area contributed by atoms with Gasteiger partial charge in [-0.15, -0.1) is 0 Å². The van der Waals surface area contributed by atoms with E-state index in [1.807, 2.05) is 47.4 Å². The summed E-state index contributed by atoms with van der Waals surface area (Å²) in [5.74, 6) is 1.76. The highest BCUT2D eigenvalue weighted by Crippen LogP contribution is 2.17. The molecule has 0 radical (unpaired) electrons. The predicted octanol–water partition coefficient (Wildman–Crippen LogP) is 4.29. The van der Waals surface area contributed by atoms with Gasteiger partial charge in [0, 0.05) is 19.0 Å². The first-order chi connectivity index (χ1) is 12.1. The van der Waals surface area contributed by atoms with Crippen molar-refractivity contribution in [2.24, 2.45) is 0 Å². The Hall–Kier alpha value is -2.49. The Labute approximate surface area is 150 Å². The molecule has 0 saturated carbocycles. The van der Waals surface area contributed by atoms with Crippen LogP contribution in [0.3, 0.4) is 0 Å². The topological polar surface area (TPSA) is 38.8 Å². The lowest BCUT2D eigenvalue weighted by molar-refractivity contribution is -0.133. The van der Waals surface area contributed by atoms with E-state index in [-0.39, 0.29) is 11.9 Å². The molecule has 2 rings (SSSR count). The highest BCUT2D eigenvalue weighted by molar-refractivity contribution is 5.76. The molecule has 2 aromatic rings. The number of carbonyl (C=O) groups excluding carboxylic acids is 1. The predicted molar refractivity (Wildman–Crippen MR) is 99.9 cm³/mol. The van der Waals surface area contributed by atoms with Gasteiger partial charge < -0.3 is 14.4 Å². The van der Waals surface area contributed by atoms with Gasteiger partial charge in [-0.25, -0.2) is 0 Å². The zero-order valence-corrected chi connectivity index (χ0v) is 15.3. The molecule has 0 N–H and O–H groups in total. The minimum atomic E-state index is 0.164. The van der Waals surface area contributed by atoms with E-state index in [1.54, 1.807) is 7.11 Å². The standard InChI is InChI=1S/C21H27NO3/c1-17(2)22(16-18-8-5-4-6-9-18)21(23)10-7-15-25-20-13-11-19(24-3)12-14-20/h4-6,8-9,11-14,17H,7,10,15-16H2,1-3H3. The average Bonchev–Trinajstić information content (AvgIpc) is 2.64. The van der Waals surface area contributed by atoms with Crippen molar-refractivity contribution in [3.8, 4) is 11.5 Å². The fourth-order valence-corrected chi connectivity index (χ4v) is 2.57. The second-order valence-corrected chi connectivity index (χ2v) is 6.23. The number of carbonyl (C=O) groups is 1. The van der Waals surface area contributed by atoms with E-state index >= 15 is 0 Å². The zero-order valence-electron chi connectivity index (χ0n) is 15.3. The van der Waals surface area contributed by atoms with Crippen LogP contribution < -0.4 is 9.47 Å². The normalized spacial score (nSPS) is 10.6. The molecule has 0 fully saturated rings. The maximum absolute atomic E-state index is 12.5. The van der Waals surface area contributed by atoms with Gasteiger partial charge in [-0.05, 0) is 50.1 Å². The van der Waals surface area contributed by atoms with E-state index in [1.165, 1.54) is 0 Å². The molecular formula is C21H27NO3. The molecule has 0 aliphatic rings. The second-order valence-electron chi connectivity index (χ2n) is 6.23. The summed E-state index contributed by atoms with van der Waals surface area (Å²) in [6, 6.07) is 17.7. The van der Waals surface area contributed by atoms with Gasteiger partial charge in [0.2, 0.25) is 5.91 Å². The van der Waals surface area contributed by atoms with E-state index in [9.17, 15) is 4.79 Å². The Kier molecular flexibility index (Phi) is 7.33. The van der Waals surface area contributed by atoms with Crippen LogP contribution in [-0.2, 0) is 11.3 Å². The SMILES string of the molecule is COc1ccc(OCCCC(=O)N(Cc2ccccc2)C(C)C)cc1. The first-order valence-corrected chi connectivity index (χ1v) is 8.70. The molecule has 0 aliphatic heterocycles. The smallest absolute Gasteiger partial charge is 0.223 e. The second kappa shape index (κ2) is 9.72. The van der Waals surface area contributed by atoms with Gasteiger partial charge >= 0.3 is 0 Å². The Bertz CT molecular complexity index is 638. The van der Waals surface area contributed by atoms with E-state index in [0.717, 1.165) is 17.1 Å². The fourth-order valence-electron chi connectivity index (χ4n) is 2.57.